The molecule has 1 aromatic heterocycles. The largest absolute Gasteiger partial charge is 0.497 e. The number of carbonyl (C=O) groups is 1. The molecule has 4 aromatic rings. The Morgan fingerprint density at radius 1 is 1.05 bits per heavy atom. The van der Waals surface area contributed by atoms with E-state index in [0.717, 1.165) is 20.1 Å². The molecule has 1 aliphatic rings. The van der Waals surface area contributed by atoms with E-state index in [1.807, 2.05) is 42.5 Å². The van der Waals surface area contributed by atoms with Crippen LogP contribution in [0.2, 0.25) is 0 Å². The van der Waals surface area contributed by atoms with Crippen LogP contribution in [0.3, 0.4) is 0 Å². The summed E-state index contributed by atoms with van der Waals surface area (Å²) in [5.41, 5.74) is 2.82. The van der Waals surface area contributed by atoms with Crippen molar-refractivity contribution in [1.29, 1.82) is 0 Å². The minimum atomic E-state index is -0.838. The van der Waals surface area contributed by atoms with Crippen molar-refractivity contribution in [2.45, 2.75) is 26.5 Å². The Bertz CT molecular complexity index is 1880. The van der Waals surface area contributed by atoms with E-state index in [1.54, 1.807) is 52.3 Å². The second-order valence-electron chi connectivity index (χ2n) is 9.50. The lowest BCUT2D eigenvalue weighted by atomic mass is 9.94. The van der Waals surface area contributed by atoms with Gasteiger partial charge in [-0.1, -0.05) is 41.7 Å². The van der Waals surface area contributed by atoms with Gasteiger partial charge in [0.15, 0.2) is 4.80 Å². The van der Waals surface area contributed by atoms with E-state index in [0.29, 0.717) is 44.4 Å². The zero-order valence-electron chi connectivity index (χ0n) is 23.9. The molecule has 8 nitrogen and oxygen atoms in total. The number of aromatic nitrogens is 1. The number of benzene rings is 3. The molecule has 0 spiro atoms. The van der Waals surface area contributed by atoms with Gasteiger partial charge < -0.3 is 18.9 Å². The highest BCUT2D eigenvalue weighted by atomic mass is 79.9. The zero-order chi connectivity index (χ0) is 30.7. The van der Waals surface area contributed by atoms with E-state index in [9.17, 15) is 9.59 Å². The minimum Gasteiger partial charge on any atom is -0.497 e. The number of carbonyl (C=O) groups excluding carboxylic acids is 1. The van der Waals surface area contributed by atoms with Gasteiger partial charge >= 0.3 is 5.97 Å². The smallest absolute Gasteiger partial charge is 0.338 e. The molecule has 0 fully saturated rings. The summed E-state index contributed by atoms with van der Waals surface area (Å²) in [5.74, 6) is 1.16. The molecular formula is C32H28Br2N2O6S. The number of fused-ring (bicyclic) bond motifs is 1. The third kappa shape index (κ3) is 6.34. The van der Waals surface area contributed by atoms with Crippen molar-refractivity contribution < 1.29 is 23.7 Å². The number of nitrogens with zero attached hydrogens (tertiary/aromatic N) is 2. The van der Waals surface area contributed by atoms with Crippen LogP contribution in [-0.2, 0) is 16.1 Å². The van der Waals surface area contributed by atoms with Crippen molar-refractivity contribution in [2.75, 3.05) is 20.8 Å². The van der Waals surface area contributed by atoms with Crippen LogP contribution in [0.4, 0.5) is 0 Å². The molecule has 0 unspecified atom stereocenters. The predicted molar refractivity (Wildman–Crippen MR) is 173 cm³/mol. The number of allylic oxidation sites excluding steroid dienone is 1. The van der Waals surface area contributed by atoms with Gasteiger partial charge in [-0.3, -0.25) is 9.36 Å². The quantitative estimate of drug-likeness (QED) is 0.199. The average molecular weight is 728 g/mol. The Kier molecular flexibility index (Phi) is 9.53. The van der Waals surface area contributed by atoms with Crippen molar-refractivity contribution in [2.24, 2.45) is 4.99 Å². The summed E-state index contributed by atoms with van der Waals surface area (Å²) in [4.78, 5) is 32.4. The van der Waals surface area contributed by atoms with Gasteiger partial charge in [0.25, 0.3) is 5.56 Å². The summed E-state index contributed by atoms with van der Waals surface area (Å²) in [6, 6.07) is 18.1. The lowest BCUT2D eigenvalue weighted by Crippen LogP contribution is -2.40. The van der Waals surface area contributed by atoms with Crippen LogP contribution in [0.5, 0.6) is 17.2 Å². The molecule has 3 aromatic carbocycles. The van der Waals surface area contributed by atoms with Gasteiger partial charge in [-0.05, 0) is 93.2 Å². The SMILES string of the molecule is CCOC(=O)C1=C(C)N=c2s/c(=C\c3cc(Br)c(OCc4ccccc4)c(Br)c3)c(=O)n2[C@H]1c1cc(OC)ccc1OC. The van der Waals surface area contributed by atoms with Crippen LogP contribution in [0, 0.1) is 0 Å². The van der Waals surface area contributed by atoms with Crippen LogP contribution >= 0.6 is 43.2 Å². The van der Waals surface area contributed by atoms with Crippen LogP contribution in [-0.4, -0.2) is 31.4 Å². The maximum atomic E-state index is 14.1. The molecule has 5 rings (SSSR count). The monoisotopic (exact) mass is 726 g/mol. The van der Waals surface area contributed by atoms with Crippen molar-refractivity contribution >= 4 is 55.2 Å². The molecule has 43 heavy (non-hydrogen) atoms. The van der Waals surface area contributed by atoms with Gasteiger partial charge in [0.1, 0.15) is 29.9 Å². The van der Waals surface area contributed by atoms with Crippen molar-refractivity contribution in [3.8, 4) is 17.2 Å². The Balaban J connectivity index is 1.62. The Morgan fingerprint density at radius 2 is 1.77 bits per heavy atom. The van der Waals surface area contributed by atoms with E-state index < -0.39 is 12.0 Å². The summed E-state index contributed by atoms with van der Waals surface area (Å²) in [6.45, 7) is 4.06. The lowest BCUT2D eigenvalue weighted by Gasteiger charge is -2.26. The van der Waals surface area contributed by atoms with Crippen LogP contribution < -0.4 is 29.1 Å². The van der Waals surface area contributed by atoms with Crippen LogP contribution in [0.1, 0.15) is 36.6 Å². The molecule has 0 amide bonds. The summed E-state index contributed by atoms with van der Waals surface area (Å²) in [6.07, 6.45) is 1.80. The second kappa shape index (κ2) is 13.3. The van der Waals surface area contributed by atoms with E-state index in [4.69, 9.17) is 18.9 Å². The maximum Gasteiger partial charge on any atom is 0.338 e. The molecular weight excluding hydrogens is 700 g/mol. The first kappa shape index (κ1) is 30.8. The fourth-order valence-electron chi connectivity index (χ4n) is 4.82. The molecule has 2 heterocycles. The van der Waals surface area contributed by atoms with Gasteiger partial charge in [-0.2, -0.15) is 0 Å². The number of hydrogen-bond acceptors (Lipinski definition) is 8. The topological polar surface area (TPSA) is 88.4 Å². The lowest BCUT2D eigenvalue weighted by molar-refractivity contribution is -0.139. The Hall–Kier alpha value is -3.67. The second-order valence-corrected chi connectivity index (χ2v) is 12.2. The predicted octanol–water partition coefficient (Wildman–Crippen LogP) is 5.92. The molecule has 11 heteroatoms. The first-order chi connectivity index (χ1) is 20.7. The van der Waals surface area contributed by atoms with Crippen molar-refractivity contribution in [1.82, 2.24) is 4.57 Å². The van der Waals surface area contributed by atoms with Crippen molar-refractivity contribution in [3.63, 3.8) is 0 Å². The summed E-state index contributed by atoms with van der Waals surface area (Å²) in [7, 11) is 3.09. The average Bonchev–Trinajstić information content (AvgIpc) is 3.29. The Labute approximate surface area is 269 Å². The Morgan fingerprint density at radius 3 is 2.42 bits per heavy atom. The van der Waals surface area contributed by atoms with Crippen LogP contribution in [0.15, 0.2) is 90.7 Å². The molecule has 0 radical (unpaired) electrons. The van der Waals surface area contributed by atoms with E-state index >= 15 is 0 Å². The third-order valence-electron chi connectivity index (χ3n) is 6.79. The van der Waals surface area contributed by atoms with E-state index in [2.05, 4.69) is 36.9 Å². The van der Waals surface area contributed by atoms with Gasteiger partial charge in [-0.25, -0.2) is 9.79 Å². The number of esters is 1. The standard InChI is InChI=1S/C32H28Br2N2O6S/c1-5-41-31(38)27-18(2)35-32-36(28(27)22-16-21(39-3)11-12-25(22)40-4)30(37)26(43-32)15-20-13-23(33)29(24(34)14-20)42-17-19-9-7-6-8-10-19/h6-16,28H,5,17H2,1-4H3/b26-15-/t28-/m0/s1. The van der Waals surface area contributed by atoms with E-state index in [1.165, 1.54) is 15.9 Å². The number of halogens is 2. The maximum absolute atomic E-state index is 14.1. The number of methoxy groups -OCH3 is 2. The first-order valence-electron chi connectivity index (χ1n) is 13.3. The van der Waals surface area contributed by atoms with Crippen molar-refractivity contribution in [3.05, 3.63) is 117 Å². The fraction of sp³-hybridized carbons (Fsp3) is 0.219. The van der Waals surface area contributed by atoms with Gasteiger partial charge in [-0.15, -0.1) is 0 Å². The molecule has 0 saturated heterocycles. The zero-order valence-corrected chi connectivity index (χ0v) is 27.8. The van der Waals surface area contributed by atoms with Gasteiger partial charge in [0.05, 0.1) is 45.6 Å². The highest BCUT2D eigenvalue weighted by molar-refractivity contribution is 9.11. The molecule has 222 valence electrons. The van der Waals surface area contributed by atoms with Gasteiger partial charge in [0.2, 0.25) is 0 Å². The molecule has 0 aliphatic carbocycles. The first-order valence-corrected chi connectivity index (χ1v) is 15.7. The highest BCUT2D eigenvalue weighted by Gasteiger charge is 2.35. The molecule has 1 atom stereocenters. The minimum absolute atomic E-state index is 0.177. The van der Waals surface area contributed by atoms with Gasteiger partial charge in [0, 0.05) is 5.56 Å². The number of thiazole rings is 1. The summed E-state index contributed by atoms with van der Waals surface area (Å²) < 4.78 is 26.0. The normalized spacial score (nSPS) is 14.7. The highest BCUT2D eigenvalue weighted by Crippen LogP contribution is 2.38. The molecule has 0 saturated carbocycles. The fourth-order valence-corrected chi connectivity index (χ4v) is 7.32. The van der Waals surface area contributed by atoms with E-state index in [-0.39, 0.29) is 17.7 Å². The number of hydrogen-bond donors (Lipinski definition) is 0. The van der Waals surface area contributed by atoms with Crippen LogP contribution in [0.25, 0.3) is 6.08 Å². The summed E-state index contributed by atoms with van der Waals surface area (Å²) in [5, 5.41) is 0. The summed E-state index contributed by atoms with van der Waals surface area (Å²) >= 11 is 8.48. The molecule has 1 aliphatic heterocycles. The molecule has 0 N–H and O–H groups in total. The third-order valence-corrected chi connectivity index (χ3v) is 8.95. The number of ether oxygens (including phenoxy) is 4. The molecule has 0 bridgehead atoms. The number of rotatable bonds is 9.